The zero-order valence-corrected chi connectivity index (χ0v) is 13.4. The summed E-state index contributed by atoms with van der Waals surface area (Å²) >= 11 is 6.83. The summed E-state index contributed by atoms with van der Waals surface area (Å²) in [4.78, 5) is 0. The molecule has 0 amide bonds. The normalized spacial score (nSPS) is 12.5. The fraction of sp³-hybridized carbons (Fsp3) is 0.143. The Labute approximate surface area is 128 Å². The van der Waals surface area contributed by atoms with Crippen molar-refractivity contribution in [2.45, 2.75) is 13.0 Å². The number of hydrazine groups is 1. The molecule has 2 rings (SSSR count). The van der Waals surface area contributed by atoms with Crippen LogP contribution in [0.4, 0.5) is 4.39 Å². The first-order valence-electron chi connectivity index (χ1n) is 5.70. The van der Waals surface area contributed by atoms with Crippen LogP contribution >= 0.6 is 31.9 Å². The van der Waals surface area contributed by atoms with Crippen molar-refractivity contribution >= 4 is 31.9 Å². The van der Waals surface area contributed by atoms with Crippen molar-refractivity contribution in [3.05, 3.63) is 67.9 Å². The number of benzene rings is 2. The highest BCUT2D eigenvalue weighted by Crippen LogP contribution is 2.31. The van der Waals surface area contributed by atoms with Gasteiger partial charge in [-0.05, 0) is 42.3 Å². The Balaban J connectivity index is 2.56. The van der Waals surface area contributed by atoms with E-state index in [0.717, 1.165) is 20.1 Å². The van der Waals surface area contributed by atoms with E-state index in [1.54, 1.807) is 12.1 Å². The first-order chi connectivity index (χ1) is 9.04. The minimum Gasteiger partial charge on any atom is -0.271 e. The molecule has 2 aromatic rings. The van der Waals surface area contributed by atoms with Gasteiger partial charge in [-0.1, -0.05) is 44.0 Å². The number of nitrogens with one attached hydrogen (secondary N) is 1. The van der Waals surface area contributed by atoms with Crippen LogP contribution in [0.25, 0.3) is 0 Å². The van der Waals surface area contributed by atoms with Crippen molar-refractivity contribution in [1.29, 1.82) is 0 Å². The second-order valence-corrected chi connectivity index (χ2v) is 5.99. The first kappa shape index (κ1) is 14.7. The van der Waals surface area contributed by atoms with Gasteiger partial charge in [-0.25, -0.2) is 9.82 Å². The molecule has 100 valence electrons. The molecule has 1 atom stereocenters. The second-order valence-electron chi connectivity index (χ2n) is 4.22. The molecule has 0 spiro atoms. The summed E-state index contributed by atoms with van der Waals surface area (Å²) in [6, 6.07) is 10.2. The van der Waals surface area contributed by atoms with Crippen LogP contribution in [-0.4, -0.2) is 0 Å². The summed E-state index contributed by atoms with van der Waals surface area (Å²) in [6.07, 6.45) is 0. The molecule has 0 aromatic heterocycles. The Morgan fingerprint density at radius 3 is 2.58 bits per heavy atom. The SMILES string of the molecule is Cc1c(Br)cccc1C(NN)c1cc(Br)ccc1F. The Morgan fingerprint density at radius 1 is 1.16 bits per heavy atom. The van der Waals surface area contributed by atoms with Gasteiger partial charge >= 0.3 is 0 Å². The summed E-state index contributed by atoms with van der Waals surface area (Å²) in [5.74, 6) is 5.34. The highest BCUT2D eigenvalue weighted by molar-refractivity contribution is 9.10. The minimum absolute atomic E-state index is 0.287. The van der Waals surface area contributed by atoms with Crippen LogP contribution in [0.3, 0.4) is 0 Å². The van der Waals surface area contributed by atoms with Gasteiger partial charge in [0.2, 0.25) is 0 Å². The maximum Gasteiger partial charge on any atom is 0.128 e. The molecule has 0 bridgehead atoms. The van der Waals surface area contributed by atoms with E-state index in [-0.39, 0.29) is 5.82 Å². The van der Waals surface area contributed by atoms with E-state index in [2.05, 4.69) is 37.3 Å². The zero-order valence-electron chi connectivity index (χ0n) is 10.3. The number of hydrogen-bond acceptors (Lipinski definition) is 2. The van der Waals surface area contributed by atoms with Gasteiger partial charge < -0.3 is 0 Å². The molecule has 3 N–H and O–H groups in total. The van der Waals surface area contributed by atoms with E-state index in [4.69, 9.17) is 5.84 Å². The lowest BCUT2D eigenvalue weighted by Gasteiger charge is -2.20. The van der Waals surface area contributed by atoms with E-state index < -0.39 is 6.04 Å². The van der Waals surface area contributed by atoms with E-state index in [1.807, 2.05) is 25.1 Å². The molecule has 0 aliphatic rings. The topological polar surface area (TPSA) is 38.0 Å². The van der Waals surface area contributed by atoms with Crippen molar-refractivity contribution < 1.29 is 4.39 Å². The third-order valence-corrected chi connectivity index (χ3v) is 4.41. The summed E-state index contributed by atoms with van der Waals surface area (Å²) < 4.78 is 15.8. The Kier molecular flexibility index (Phi) is 4.73. The molecule has 19 heavy (non-hydrogen) atoms. The van der Waals surface area contributed by atoms with Gasteiger partial charge in [0.05, 0.1) is 6.04 Å². The molecule has 1 unspecified atom stereocenters. The van der Waals surface area contributed by atoms with Crippen LogP contribution in [0.2, 0.25) is 0 Å². The standard InChI is InChI=1S/C14H13Br2FN2/c1-8-10(3-2-4-12(8)16)14(19-18)11-7-9(15)5-6-13(11)17/h2-7,14,19H,18H2,1H3. The molecule has 0 saturated heterocycles. The van der Waals surface area contributed by atoms with Crippen molar-refractivity contribution in [3.63, 3.8) is 0 Å². The number of halogens is 3. The van der Waals surface area contributed by atoms with Gasteiger partial charge in [-0.2, -0.15) is 0 Å². The Morgan fingerprint density at radius 2 is 1.89 bits per heavy atom. The molecule has 0 aliphatic heterocycles. The van der Waals surface area contributed by atoms with Gasteiger partial charge in [0, 0.05) is 14.5 Å². The minimum atomic E-state index is -0.394. The predicted octanol–water partition coefficient (Wildman–Crippen LogP) is 4.21. The Bertz CT molecular complexity index is 600. The summed E-state index contributed by atoms with van der Waals surface area (Å²) in [5, 5.41) is 0. The van der Waals surface area contributed by atoms with Crippen LogP contribution in [0, 0.1) is 12.7 Å². The molecule has 0 aliphatic carbocycles. The van der Waals surface area contributed by atoms with E-state index in [1.165, 1.54) is 6.07 Å². The quantitative estimate of drug-likeness (QED) is 0.611. The Hall–Kier alpha value is -0.750. The van der Waals surface area contributed by atoms with Crippen LogP contribution in [0.1, 0.15) is 22.7 Å². The molecule has 0 radical (unpaired) electrons. The van der Waals surface area contributed by atoms with Crippen molar-refractivity contribution in [3.8, 4) is 0 Å². The van der Waals surface area contributed by atoms with Crippen molar-refractivity contribution in [2.75, 3.05) is 0 Å². The second kappa shape index (κ2) is 6.13. The van der Waals surface area contributed by atoms with Gasteiger partial charge in [-0.15, -0.1) is 0 Å². The average molecular weight is 388 g/mol. The molecule has 0 heterocycles. The summed E-state index contributed by atoms with van der Waals surface area (Å²) in [6.45, 7) is 1.97. The van der Waals surface area contributed by atoms with E-state index in [0.29, 0.717) is 5.56 Å². The number of hydrogen-bond donors (Lipinski definition) is 2. The third kappa shape index (κ3) is 3.05. The monoisotopic (exact) mass is 386 g/mol. The molecule has 2 nitrogen and oxygen atoms in total. The van der Waals surface area contributed by atoms with Crippen molar-refractivity contribution in [1.82, 2.24) is 5.43 Å². The van der Waals surface area contributed by atoms with Gasteiger partial charge in [0.15, 0.2) is 0 Å². The smallest absolute Gasteiger partial charge is 0.128 e. The highest BCUT2D eigenvalue weighted by atomic mass is 79.9. The number of nitrogens with two attached hydrogens (primary N) is 1. The number of rotatable bonds is 3. The maximum absolute atomic E-state index is 14.0. The molecule has 2 aromatic carbocycles. The van der Waals surface area contributed by atoms with Crippen LogP contribution < -0.4 is 11.3 Å². The first-order valence-corrected chi connectivity index (χ1v) is 7.29. The lowest BCUT2D eigenvalue weighted by Crippen LogP contribution is -2.30. The van der Waals surface area contributed by atoms with Gasteiger partial charge in [0.25, 0.3) is 0 Å². The average Bonchev–Trinajstić information content (AvgIpc) is 2.39. The molecular weight excluding hydrogens is 375 g/mol. The lowest BCUT2D eigenvalue weighted by atomic mass is 9.95. The fourth-order valence-electron chi connectivity index (χ4n) is 2.02. The van der Waals surface area contributed by atoms with Gasteiger partial charge in [-0.3, -0.25) is 5.84 Å². The predicted molar refractivity (Wildman–Crippen MR) is 82.1 cm³/mol. The van der Waals surface area contributed by atoms with Crippen LogP contribution in [-0.2, 0) is 0 Å². The van der Waals surface area contributed by atoms with Crippen molar-refractivity contribution in [2.24, 2.45) is 5.84 Å². The lowest BCUT2D eigenvalue weighted by molar-refractivity contribution is 0.558. The summed E-state index contributed by atoms with van der Waals surface area (Å²) in [7, 11) is 0. The molecule has 5 heteroatoms. The molecular formula is C14H13Br2FN2. The molecule has 0 fully saturated rings. The third-order valence-electron chi connectivity index (χ3n) is 3.06. The zero-order chi connectivity index (χ0) is 14.0. The largest absolute Gasteiger partial charge is 0.271 e. The maximum atomic E-state index is 14.0. The van der Waals surface area contributed by atoms with E-state index in [9.17, 15) is 4.39 Å². The highest BCUT2D eigenvalue weighted by Gasteiger charge is 2.19. The fourth-order valence-corrected chi connectivity index (χ4v) is 2.78. The van der Waals surface area contributed by atoms with Gasteiger partial charge in [0.1, 0.15) is 5.82 Å². The van der Waals surface area contributed by atoms with Crippen LogP contribution in [0.5, 0.6) is 0 Å². The van der Waals surface area contributed by atoms with Crippen LogP contribution in [0.15, 0.2) is 45.3 Å². The van der Waals surface area contributed by atoms with E-state index >= 15 is 0 Å². The molecule has 0 saturated carbocycles. The summed E-state index contributed by atoms with van der Waals surface area (Å²) in [5.41, 5.74) is 5.17.